The van der Waals surface area contributed by atoms with Gasteiger partial charge < -0.3 is 14.5 Å². The molecule has 0 unspecified atom stereocenters. The van der Waals surface area contributed by atoms with E-state index in [-0.39, 0.29) is 18.1 Å². The van der Waals surface area contributed by atoms with Gasteiger partial charge in [-0.25, -0.2) is 14.4 Å². The summed E-state index contributed by atoms with van der Waals surface area (Å²) in [7, 11) is 0. The van der Waals surface area contributed by atoms with Gasteiger partial charge in [0, 0.05) is 37.2 Å². The number of nitrogens with zero attached hydrogens (tertiary/aromatic N) is 2. The van der Waals surface area contributed by atoms with E-state index in [4.69, 9.17) is 20.8 Å². The number of aryl methyl sites for hydroxylation is 1. The fourth-order valence-corrected chi connectivity index (χ4v) is 3.15. The predicted octanol–water partition coefficient (Wildman–Crippen LogP) is 5.57. The third-order valence-electron chi connectivity index (χ3n) is 4.58. The summed E-state index contributed by atoms with van der Waals surface area (Å²) < 4.78 is 24.2. The Morgan fingerprint density at radius 2 is 1.84 bits per heavy atom. The van der Waals surface area contributed by atoms with Crippen molar-refractivity contribution >= 4 is 17.5 Å². The maximum Gasteiger partial charge on any atom is 0.220 e. The van der Waals surface area contributed by atoms with Crippen LogP contribution in [0.5, 0.6) is 11.6 Å². The van der Waals surface area contributed by atoms with Crippen LogP contribution in [0.4, 0.5) is 4.39 Å². The summed E-state index contributed by atoms with van der Waals surface area (Å²) in [6, 6.07) is 16.5. The normalized spacial score (nSPS) is 10.7. The monoisotopic (exact) mass is 451 g/mol. The van der Waals surface area contributed by atoms with Crippen LogP contribution in [0.15, 0.2) is 77.5 Å². The van der Waals surface area contributed by atoms with Crippen LogP contribution in [-0.2, 0) is 17.8 Å². The first-order chi connectivity index (χ1) is 15.6. The number of rotatable bonds is 8. The number of benzene rings is 2. The van der Waals surface area contributed by atoms with E-state index in [1.165, 1.54) is 24.3 Å². The fourth-order valence-electron chi connectivity index (χ4n) is 2.92. The molecule has 2 aromatic heterocycles. The van der Waals surface area contributed by atoms with Crippen molar-refractivity contribution in [1.29, 1.82) is 0 Å². The van der Waals surface area contributed by atoms with Crippen LogP contribution in [0.25, 0.3) is 11.3 Å². The molecule has 0 radical (unpaired) electrons. The molecule has 2 heterocycles. The Bertz CT molecular complexity index is 1190. The molecule has 0 aliphatic heterocycles. The molecule has 162 valence electrons. The van der Waals surface area contributed by atoms with Gasteiger partial charge in [0.2, 0.25) is 11.8 Å². The summed E-state index contributed by atoms with van der Waals surface area (Å²) in [6.07, 6.45) is 3.83. The number of amides is 1. The van der Waals surface area contributed by atoms with Gasteiger partial charge in [0.25, 0.3) is 0 Å². The van der Waals surface area contributed by atoms with Gasteiger partial charge in [-0.3, -0.25) is 4.79 Å². The van der Waals surface area contributed by atoms with E-state index in [0.717, 1.165) is 11.1 Å². The highest BCUT2D eigenvalue weighted by Gasteiger charge is 2.11. The van der Waals surface area contributed by atoms with Crippen LogP contribution < -0.4 is 10.1 Å². The zero-order valence-electron chi connectivity index (χ0n) is 16.9. The Kier molecular flexibility index (Phi) is 6.77. The first-order valence-electron chi connectivity index (χ1n) is 9.91. The van der Waals surface area contributed by atoms with Crippen molar-refractivity contribution in [3.05, 3.63) is 95.4 Å². The first-order valence-corrected chi connectivity index (χ1v) is 10.3. The van der Waals surface area contributed by atoms with Crippen molar-refractivity contribution in [3.8, 4) is 23.0 Å². The van der Waals surface area contributed by atoms with Crippen LogP contribution in [0.3, 0.4) is 0 Å². The van der Waals surface area contributed by atoms with Gasteiger partial charge in [0.15, 0.2) is 11.7 Å². The number of nitrogens with one attached hydrogen (secondary N) is 1. The van der Waals surface area contributed by atoms with Crippen LogP contribution in [0.1, 0.15) is 17.9 Å². The van der Waals surface area contributed by atoms with Crippen molar-refractivity contribution in [3.63, 3.8) is 0 Å². The molecule has 0 bridgehead atoms. The zero-order chi connectivity index (χ0) is 22.3. The highest BCUT2D eigenvalue weighted by Crippen LogP contribution is 2.28. The van der Waals surface area contributed by atoms with E-state index in [9.17, 15) is 9.18 Å². The summed E-state index contributed by atoms with van der Waals surface area (Å²) >= 11 is 6.17. The molecule has 0 atom stereocenters. The fraction of sp³-hybridized carbons (Fsp3) is 0.125. The quantitative estimate of drug-likeness (QED) is 0.379. The molecule has 0 saturated carbocycles. The van der Waals surface area contributed by atoms with Crippen molar-refractivity contribution in [1.82, 2.24) is 15.3 Å². The molecule has 4 aromatic rings. The molecular formula is C24H19ClFN3O3. The molecule has 4 rings (SSSR count). The minimum atomic E-state index is -0.333. The van der Waals surface area contributed by atoms with Gasteiger partial charge in [-0.05, 0) is 42.0 Å². The molecule has 0 fully saturated rings. The lowest BCUT2D eigenvalue weighted by Gasteiger charge is -2.07. The number of pyridine rings is 1. The van der Waals surface area contributed by atoms with E-state index in [1.54, 1.807) is 30.6 Å². The number of hydrogen-bond acceptors (Lipinski definition) is 5. The summed E-state index contributed by atoms with van der Waals surface area (Å²) in [5.41, 5.74) is 1.58. The summed E-state index contributed by atoms with van der Waals surface area (Å²) in [5.74, 6) is 1.45. The maximum absolute atomic E-state index is 12.9. The van der Waals surface area contributed by atoms with Crippen LogP contribution in [0.2, 0.25) is 5.02 Å². The minimum absolute atomic E-state index is 0.130. The van der Waals surface area contributed by atoms with Crippen LogP contribution in [0, 0.1) is 5.82 Å². The molecule has 0 saturated heterocycles. The largest absolute Gasteiger partial charge is 0.441 e. The second-order valence-electron chi connectivity index (χ2n) is 6.94. The lowest BCUT2D eigenvalue weighted by molar-refractivity contribution is -0.121. The van der Waals surface area contributed by atoms with Gasteiger partial charge in [-0.1, -0.05) is 29.8 Å². The number of oxazole rings is 1. The third-order valence-corrected chi connectivity index (χ3v) is 4.91. The van der Waals surface area contributed by atoms with Gasteiger partial charge in [-0.2, -0.15) is 0 Å². The second-order valence-corrected chi connectivity index (χ2v) is 7.34. The summed E-state index contributed by atoms with van der Waals surface area (Å²) in [6.45, 7) is 0.332. The van der Waals surface area contributed by atoms with E-state index in [2.05, 4.69) is 15.3 Å². The Morgan fingerprint density at radius 1 is 1.03 bits per heavy atom. The van der Waals surface area contributed by atoms with Gasteiger partial charge >= 0.3 is 0 Å². The van der Waals surface area contributed by atoms with E-state index < -0.39 is 0 Å². The Hall–Kier alpha value is -3.71. The lowest BCUT2D eigenvalue weighted by Crippen LogP contribution is -2.23. The lowest BCUT2D eigenvalue weighted by atomic mass is 10.2. The van der Waals surface area contributed by atoms with E-state index in [0.29, 0.717) is 41.3 Å². The average Bonchev–Trinajstić information content (AvgIpc) is 3.28. The molecule has 32 heavy (non-hydrogen) atoms. The Balaban J connectivity index is 1.24. The van der Waals surface area contributed by atoms with Crippen molar-refractivity contribution < 1.29 is 18.3 Å². The Morgan fingerprint density at radius 3 is 2.59 bits per heavy atom. The molecule has 1 N–H and O–H groups in total. The first kappa shape index (κ1) is 21.5. The molecule has 0 aliphatic rings. The second kappa shape index (κ2) is 10.1. The molecule has 1 amide bonds. The zero-order valence-corrected chi connectivity index (χ0v) is 17.7. The summed E-state index contributed by atoms with van der Waals surface area (Å²) in [5, 5.41) is 3.42. The van der Waals surface area contributed by atoms with Crippen LogP contribution in [-0.4, -0.2) is 15.9 Å². The Labute approximate surface area is 189 Å². The standard InChI is InChI=1S/C24H19ClFN3O3/c25-20-4-2-1-3-19(20)21-15-29-24(32-21)12-10-22(30)27-13-16-5-11-23(28-14-16)31-18-8-6-17(26)7-9-18/h1-9,11,14-15H,10,12-13H2,(H,27,30). The minimum Gasteiger partial charge on any atom is -0.441 e. The van der Waals surface area contributed by atoms with Crippen molar-refractivity contribution in [2.24, 2.45) is 0 Å². The maximum atomic E-state index is 12.9. The molecule has 0 spiro atoms. The molecule has 2 aromatic carbocycles. The molecular weight excluding hydrogens is 433 g/mol. The van der Waals surface area contributed by atoms with E-state index in [1.807, 2.05) is 18.2 Å². The van der Waals surface area contributed by atoms with Crippen LogP contribution >= 0.6 is 11.6 Å². The third kappa shape index (κ3) is 5.70. The number of carbonyl (C=O) groups is 1. The smallest absolute Gasteiger partial charge is 0.220 e. The molecule has 8 heteroatoms. The average molecular weight is 452 g/mol. The number of aromatic nitrogens is 2. The highest BCUT2D eigenvalue weighted by atomic mass is 35.5. The number of ether oxygens (including phenoxy) is 1. The molecule has 6 nitrogen and oxygen atoms in total. The topological polar surface area (TPSA) is 77.2 Å². The SMILES string of the molecule is O=C(CCc1ncc(-c2ccccc2Cl)o1)NCc1ccc(Oc2ccc(F)cc2)nc1. The number of carbonyl (C=O) groups excluding carboxylic acids is 1. The predicted molar refractivity (Wildman–Crippen MR) is 118 cm³/mol. The van der Waals surface area contributed by atoms with Gasteiger partial charge in [-0.15, -0.1) is 0 Å². The van der Waals surface area contributed by atoms with Crippen molar-refractivity contribution in [2.75, 3.05) is 0 Å². The van der Waals surface area contributed by atoms with Gasteiger partial charge in [0.05, 0.1) is 11.2 Å². The van der Waals surface area contributed by atoms with Gasteiger partial charge in [0.1, 0.15) is 11.6 Å². The van der Waals surface area contributed by atoms with E-state index >= 15 is 0 Å². The molecule has 0 aliphatic carbocycles. The van der Waals surface area contributed by atoms with Crippen molar-refractivity contribution in [2.45, 2.75) is 19.4 Å². The summed E-state index contributed by atoms with van der Waals surface area (Å²) in [4.78, 5) is 20.6. The number of halogens is 2. The highest BCUT2D eigenvalue weighted by molar-refractivity contribution is 6.33. The number of hydrogen-bond donors (Lipinski definition) is 1.